The van der Waals surface area contributed by atoms with Gasteiger partial charge < -0.3 is 25.0 Å². The molecule has 0 saturated carbocycles. The van der Waals surface area contributed by atoms with Crippen LogP contribution in [-0.2, 0) is 6.54 Å². The highest BCUT2D eigenvalue weighted by Gasteiger charge is 2.09. The second kappa shape index (κ2) is 14.1. The van der Waals surface area contributed by atoms with Gasteiger partial charge >= 0.3 is 0 Å². The van der Waals surface area contributed by atoms with E-state index in [0.717, 1.165) is 37.1 Å². The molecule has 2 N–H and O–H groups in total. The summed E-state index contributed by atoms with van der Waals surface area (Å²) in [6, 6.07) is 18.1. The van der Waals surface area contributed by atoms with Crippen molar-refractivity contribution in [2.45, 2.75) is 19.6 Å². The van der Waals surface area contributed by atoms with Crippen molar-refractivity contribution >= 4 is 29.9 Å². The van der Waals surface area contributed by atoms with E-state index in [2.05, 4.69) is 51.8 Å². The molecule has 2 aromatic carbocycles. The van der Waals surface area contributed by atoms with Crippen molar-refractivity contribution in [2.24, 2.45) is 4.99 Å². The van der Waals surface area contributed by atoms with Crippen LogP contribution in [0, 0.1) is 0 Å². The highest BCUT2D eigenvalue weighted by atomic mass is 127. The van der Waals surface area contributed by atoms with Gasteiger partial charge in [0.1, 0.15) is 6.10 Å². The number of para-hydroxylation sites is 2. The van der Waals surface area contributed by atoms with Crippen LogP contribution in [0.4, 0.5) is 0 Å². The molecule has 0 amide bonds. The van der Waals surface area contributed by atoms with Gasteiger partial charge in [0.15, 0.2) is 17.5 Å². The van der Waals surface area contributed by atoms with Gasteiger partial charge in [-0.3, -0.25) is 4.99 Å². The van der Waals surface area contributed by atoms with Crippen LogP contribution < -0.4 is 20.1 Å². The van der Waals surface area contributed by atoms with Crippen LogP contribution in [0.2, 0.25) is 0 Å². The molecular weight excluding hydrogens is 479 g/mol. The Morgan fingerprint density at radius 3 is 2.34 bits per heavy atom. The molecule has 2 rings (SSSR count). The summed E-state index contributed by atoms with van der Waals surface area (Å²) in [6.45, 7) is 5.31. The summed E-state index contributed by atoms with van der Waals surface area (Å²) < 4.78 is 11.3. The Morgan fingerprint density at radius 2 is 1.69 bits per heavy atom. The third-order valence-corrected chi connectivity index (χ3v) is 4.26. The number of nitrogens with one attached hydrogen (secondary N) is 2. The van der Waals surface area contributed by atoms with Gasteiger partial charge in [-0.2, -0.15) is 0 Å². The Labute approximate surface area is 191 Å². The molecular formula is C22H33IN4O2. The minimum atomic E-state index is -0.0318. The van der Waals surface area contributed by atoms with Gasteiger partial charge in [-0.05, 0) is 31.7 Å². The van der Waals surface area contributed by atoms with Crippen molar-refractivity contribution in [1.29, 1.82) is 0 Å². The highest BCUT2D eigenvalue weighted by molar-refractivity contribution is 14.0. The molecule has 160 valence electrons. The fourth-order valence-electron chi connectivity index (χ4n) is 2.77. The summed E-state index contributed by atoms with van der Waals surface area (Å²) >= 11 is 0. The van der Waals surface area contributed by atoms with Crippen LogP contribution >= 0.6 is 24.0 Å². The molecule has 0 fully saturated rings. The van der Waals surface area contributed by atoms with Crippen molar-refractivity contribution in [3.05, 3.63) is 60.2 Å². The molecule has 0 saturated heterocycles. The molecule has 6 nitrogen and oxygen atoms in total. The number of halogens is 1. The lowest BCUT2D eigenvalue weighted by atomic mass is 10.2. The Kier molecular flexibility index (Phi) is 12.1. The topological polar surface area (TPSA) is 58.1 Å². The van der Waals surface area contributed by atoms with Crippen LogP contribution in [-0.4, -0.2) is 57.8 Å². The monoisotopic (exact) mass is 512 g/mol. The molecule has 7 heteroatoms. The summed E-state index contributed by atoms with van der Waals surface area (Å²) in [6.07, 6.45) is -0.0318. The number of guanidine groups is 1. The first-order valence-corrected chi connectivity index (χ1v) is 9.59. The normalized spacial score (nSPS) is 12.1. The smallest absolute Gasteiger partial charge is 0.191 e. The number of methoxy groups -OCH3 is 1. The quantitative estimate of drug-likeness (QED) is 0.291. The van der Waals surface area contributed by atoms with Gasteiger partial charge in [0.25, 0.3) is 0 Å². The van der Waals surface area contributed by atoms with E-state index >= 15 is 0 Å². The summed E-state index contributed by atoms with van der Waals surface area (Å²) in [5, 5.41) is 6.65. The minimum Gasteiger partial charge on any atom is -0.493 e. The van der Waals surface area contributed by atoms with Gasteiger partial charge in [-0.15, -0.1) is 24.0 Å². The molecule has 0 radical (unpaired) electrons. The summed E-state index contributed by atoms with van der Waals surface area (Å²) in [4.78, 5) is 6.56. The average molecular weight is 512 g/mol. The average Bonchev–Trinajstić information content (AvgIpc) is 2.71. The number of ether oxygens (including phenoxy) is 2. The number of hydrogen-bond donors (Lipinski definition) is 2. The molecule has 0 heterocycles. The van der Waals surface area contributed by atoms with Gasteiger partial charge in [0, 0.05) is 26.7 Å². The maximum Gasteiger partial charge on any atom is 0.191 e. The maximum absolute atomic E-state index is 5.96. The van der Waals surface area contributed by atoms with E-state index in [9.17, 15) is 0 Å². The Hall–Kier alpha value is -2.00. The summed E-state index contributed by atoms with van der Waals surface area (Å²) in [7, 11) is 5.54. The lowest BCUT2D eigenvalue weighted by molar-refractivity contribution is 0.213. The molecule has 0 aliphatic heterocycles. The van der Waals surface area contributed by atoms with E-state index in [1.54, 1.807) is 14.2 Å². The van der Waals surface area contributed by atoms with Crippen molar-refractivity contribution in [2.75, 3.05) is 40.8 Å². The Bertz CT molecular complexity index is 728. The molecule has 1 unspecified atom stereocenters. The van der Waals surface area contributed by atoms with Crippen molar-refractivity contribution in [1.82, 2.24) is 15.5 Å². The fourth-order valence-corrected chi connectivity index (χ4v) is 2.77. The second-order valence-electron chi connectivity index (χ2n) is 6.68. The fraction of sp³-hybridized carbons (Fsp3) is 0.409. The van der Waals surface area contributed by atoms with Crippen molar-refractivity contribution in [3.8, 4) is 11.5 Å². The van der Waals surface area contributed by atoms with E-state index in [1.807, 2.05) is 37.3 Å². The number of hydrogen-bond acceptors (Lipinski definition) is 4. The van der Waals surface area contributed by atoms with Crippen LogP contribution in [0.5, 0.6) is 11.5 Å². The lowest BCUT2D eigenvalue weighted by Crippen LogP contribution is -2.44. The van der Waals surface area contributed by atoms with E-state index in [1.165, 1.54) is 5.56 Å². The third-order valence-electron chi connectivity index (χ3n) is 4.26. The molecule has 1 atom stereocenters. The molecule has 0 bridgehead atoms. The summed E-state index contributed by atoms with van der Waals surface area (Å²) in [5.41, 5.74) is 1.31. The Balaban J connectivity index is 0.00000420. The maximum atomic E-state index is 5.96. The Morgan fingerprint density at radius 1 is 1.03 bits per heavy atom. The standard InChI is InChI=1S/C22H32N4O2.HI/c1-18(28-21-13-9-8-12-20(21)27-4)16-25-22(23-2)24-14-15-26(3)17-19-10-6-5-7-11-19;/h5-13,18H,14-17H2,1-4H3,(H2,23,24,25);1H. The lowest BCUT2D eigenvalue weighted by Gasteiger charge is -2.20. The van der Waals surface area contributed by atoms with Crippen LogP contribution in [0.25, 0.3) is 0 Å². The first-order chi connectivity index (χ1) is 13.6. The first-order valence-electron chi connectivity index (χ1n) is 9.59. The minimum absolute atomic E-state index is 0. The first kappa shape index (κ1) is 25.0. The van der Waals surface area contributed by atoms with Gasteiger partial charge in [-0.1, -0.05) is 42.5 Å². The molecule has 0 aromatic heterocycles. The van der Waals surface area contributed by atoms with E-state index < -0.39 is 0 Å². The van der Waals surface area contributed by atoms with E-state index in [0.29, 0.717) is 6.54 Å². The molecule has 2 aromatic rings. The zero-order chi connectivity index (χ0) is 20.2. The predicted octanol–water partition coefficient (Wildman–Crippen LogP) is 3.38. The SMILES string of the molecule is CN=C(NCCN(C)Cc1ccccc1)NCC(C)Oc1ccccc1OC.I. The third kappa shape index (κ3) is 9.36. The number of aliphatic imine (C=N–C) groups is 1. The predicted molar refractivity (Wildman–Crippen MR) is 131 cm³/mol. The largest absolute Gasteiger partial charge is 0.493 e. The molecule has 29 heavy (non-hydrogen) atoms. The van der Waals surface area contributed by atoms with Gasteiger partial charge in [-0.25, -0.2) is 0 Å². The summed E-state index contributed by atoms with van der Waals surface area (Å²) in [5.74, 6) is 2.24. The van der Waals surface area contributed by atoms with Gasteiger partial charge in [0.2, 0.25) is 0 Å². The van der Waals surface area contributed by atoms with Crippen LogP contribution in [0.3, 0.4) is 0 Å². The van der Waals surface area contributed by atoms with E-state index in [-0.39, 0.29) is 30.1 Å². The zero-order valence-electron chi connectivity index (χ0n) is 17.7. The van der Waals surface area contributed by atoms with Crippen LogP contribution in [0.1, 0.15) is 12.5 Å². The molecule has 0 aliphatic carbocycles. The second-order valence-corrected chi connectivity index (χ2v) is 6.68. The molecule has 0 spiro atoms. The van der Waals surface area contributed by atoms with Crippen molar-refractivity contribution < 1.29 is 9.47 Å². The zero-order valence-corrected chi connectivity index (χ0v) is 20.1. The number of rotatable bonds is 10. The van der Waals surface area contributed by atoms with Gasteiger partial charge in [0.05, 0.1) is 13.7 Å². The van der Waals surface area contributed by atoms with Crippen LogP contribution in [0.15, 0.2) is 59.6 Å². The number of nitrogens with zero attached hydrogens (tertiary/aromatic N) is 2. The highest BCUT2D eigenvalue weighted by Crippen LogP contribution is 2.26. The number of benzene rings is 2. The number of likely N-dealkylation sites (N-methyl/N-ethyl adjacent to an activating group) is 1. The van der Waals surface area contributed by atoms with E-state index in [4.69, 9.17) is 9.47 Å². The van der Waals surface area contributed by atoms with Crippen molar-refractivity contribution in [3.63, 3.8) is 0 Å². The molecule has 0 aliphatic rings.